The third-order valence-electron chi connectivity index (χ3n) is 5.94. The average molecular weight is 405 g/mol. The average Bonchev–Trinajstić information content (AvgIpc) is 3.12. The minimum atomic E-state index is -0.203. The smallest absolute Gasteiger partial charge is 0.309 e. The lowest BCUT2D eigenvalue weighted by Gasteiger charge is -2.31. The Balaban J connectivity index is 1.24. The minimum Gasteiger partial charge on any atom is -0.457 e. The monoisotopic (exact) mass is 405 g/mol. The van der Waals surface area contributed by atoms with Crippen LogP contribution in [-0.4, -0.2) is 29.9 Å². The minimum absolute atomic E-state index is 0.148. The number of amides is 1. The normalized spacial score (nSPS) is 14.8. The second-order valence-electron chi connectivity index (χ2n) is 7.89. The van der Waals surface area contributed by atoms with Crippen LogP contribution in [0.25, 0.3) is 11.0 Å². The standard InChI is InChI=1S/C25H27NO4/c1-18-21-9-5-6-10-22(21)30-23(18)17-29-25(28)20-13-15-26(16-14-20)24(27)12-11-19-7-3-2-4-8-19/h2-10,20H,11-17H2,1H3. The van der Waals surface area contributed by atoms with E-state index in [-0.39, 0.29) is 24.4 Å². The summed E-state index contributed by atoms with van der Waals surface area (Å²) in [5.74, 6) is 0.487. The zero-order chi connectivity index (χ0) is 20.9. The Hall–Kier alpha value is -3.08. The molecule has 1 aromatic heterocycles. The third kappa shape index (κ3) is 4.56. The number of benzene rings is 2. The zero-order valence-electron chi connectivity index (χ0n) is 17.3. The fraction of sp³-hybridized carbons (Fsp3) is 0.360. The van der Waals surface area contributed by atoms with Crippen LogP contribution in [0.3, 0.4) is 0 Å². The summed E-state index contributed by atoms with van der Waals surface area (Å²) in [7, 11) is 0. The number of para-hydroxylation sites is 1. The number of furan rings is 1. The van der Waals surface area contributed by atoms with E-state index in [0.29, 0.717) is 38.1 Å². The largest absolute Gasteiger partial charge is 0.457 e. The lowest BCUT2D eigenvalue weighted by atomic mass is 9.96. The van der Waals surface area contributed by atoms with Crippen molar-refractivity contribution in [3.8, 4) is 0 Å². The van der Waals surface area contributed by atoms with E-state index in [1.807, 2.05) is 66.4 Å². The molecule has 1 amide bonds. The van der Waals surface area contributed by atoms with E-state index >= 15 is 0 Å². The molecule has 1 saturated heterocycles. The van der Waals surface area contributed by atoms with Crippen molar-refractivity contribution in [3.05, 3.63) is 71.5 Å². The number of hydrogen-bond donors (Lipinski definition) is 0. The molecular weight excluding hydrogens is 378 g/mol. The van der Waals surface area contributed by atoms with Crippen molar-refractivity contribution in [1.82, 2.24) is 4.90 Å². The van der Waals surface area contributed by atoms with Gasteiger partial charge in [0.15, 0.2) is 0 Å². The second kappa shape index (κ2) is 9.16. The molecule has 0 radical (unpaired) electrons. The molecule has 0 N–H and O–H groups in total. The molecule has 0 aliphatic carbocycles. The van der Waals surface area contributed by atoms with E-state index in [2.05, 4.69) is 0 Å². The van der Waals surface area contributed by atoms with Gasteiger partial charge in [-0.1, -0.05) is 48.5 Å². The summed E-state index contributed by atoms with van der Waals surface area (Å²) in [6.07, 6.45) is 2.55. The van der Waals surface area contributed by atoms with Gasteiger partial charge >= 0.3 is 5.97 Å². The van der Waals surface area contributed by atoms with Gasteiger partial charge in [-0.2, -0.15) is 0 Å². The van der Waals surface area contributed by atoms with Crippen LogP contribution in [0.4, 0.5) is 0 Å². The van der Waals surface area contributed by atoms with Crippen LogP contribution in [0, 0.1) is 12.8 Å². The SMILES string of the molecule is Cc1c(COC(=O)C2CCN(C(=O)CCc3ccccc3)CC2)oc2ccccc12. The van der Waals surface area contributed by atoms with Crippen molar-refractivity contribution in [1.29, 1.82) is 0 Å². The van der Waals surface area contributed by atoms with E-state index < -0.39 is 0 Å². The number of likely N-dealkylation sites (tertiary alicyclic amines) is 1. The van der Waals surface area contributed by atoms with Crippen molar-refractivity contribution in [2.45, 2.75) is 39.2 Å². The summed E-state index contributed by atoms with van der Waals surface area (Å²) in [5.41, 5.74) is 2.99. The number of rotatable bonds is 6. The number of aryl methyl sites for hydroxylation is 2. The molecule has 30 heavy (non-hydrogen) atoms. The van der Waals surface area contributed by atoms with Crippen LogP contribution < -0.4 is 0 Å². The molecule has 1 aliphatic heterocycles. The van der Waals surface area contributed by atoms with Crippen LogP contribution in [0.1, 0.15) is 36.1 Å². The Kier molecular flexibility index (Phi) is 6.17. The van der Waals surface area contributed by atoms with Gasteiger partial charge in [-0.05, 0) is 37.8 Å². The topological polar surface area (TPSA) is 59.8 Å². The van der Waals surface area contributed by atoms with E-state index in [9.17, 15) is 9.59 Å². The lowest BCUT2D eigenvalue weighted by molar-refractivity contribution is -0.153. The molecule has 2 heterocycles. The maximum absolute atomic E-state index is 12.5. The molecule has 0 bridgehead atoms. The fourth-order valence-electron chi connectivity index (χ4n) is 4.04. The Morgan fingerprint density at radius 2 is 1.73 bits per heavy atom. The molecule has 1 aliphatic rings. The maximum Gasteiger partial charge on any atom is 0.309 e. The van der Waals surface area contributed by atoms with Gasteiger partial charge in [0.1, 0.15) is 18.0 Å². The Morgan fingerprint density at radius 1 is 1.03 bits per heavy atom. The van der Waals surface area contributed by atoms with E-state index in [0.717, 1.165) is 23.0 Å². The van der Waals surface area contributed by atoms with Crippen molar-refractivity contribution < 1.29 is 18.7 Å². The summed E-state index contributed by atoms with van der Waals surface area (Å²) in [5, 5.41) is 1.05. The molecule has 0 saturated carbocycles. The summed E-state index contributed by atoms with van der Waals surface area (Å²) in [4.78, 5) is 26.9. The van der Waals surface area contributed by atoms with Crippen LogP contribution in [-0.2, 0) is 27.4 Å². The fourth-order valence-corrected chi connectivity index (χ4v) is 4.04. The molecule has 2 aromatic carbocycles. The van der Waals surface area contributed by atoms with Crippen molar-refractivity contribution in [2.24, 2.45) is 5.92 Å². The Morgan fingerprint density at radius 3 is 2.47 bits per heavy atom. The van der Waals surface area contributed by atoms with Gasteiger partial charge in [-0.3, -0.25) is 9.59 Å². The molecule has 3 aromatic rings. The van der Waals surface area contributed by atoms with Gasteiger partial charge in [0.05, 0.1) is 5.92 Å². The highest BCUT2D eigenvalue weighted by Gasteiger charge is 2.28. The highest BCUT2D eigenvalue weighted by molar-refractivity contribution is 5.82. The molecule has 156 valence electrons. The van der Waals surface area contributed by atoms with E-state index in [4.69, 9.17) is 9.15 Å². The first-order chi connectivity index (χ1) is 14.6. The highest BCUT2D eigenvalue weighted by atomic mass is 16.5. The summed E-state index contributed by atoms with van der Waals surface area (Å²) < 4.78 is 11.4. The van der Waals surface area contributed by atoms with Crippen LogP contribution in [0.2, 0.25) is 0 Å². The van der Waals surface area contributed by atoms with Crippen molar-refractivity contribution in [2.75, 3.05) is 13.1 Å². The van der Waals surface area contributed by atoms with Gasteiger partial charge in [0.2, 0.25) is 5.91 Å². The predicted molar refractivity (Wildman–Crippen MR) is 115 cm³/mol. The zero-order valence-corrected chi connectivity index (χ0v) is 17.3. The van der Waals surface area contributed by atoms with Crippen molar-refractivity contribution >= 4 is 22.8 Å². The third-order valence-corrected chi connectivity index (χ3v) is 5.94. The second-order valence-corrected chi connectivity index (χ2v) is 7.89. The van der Waals surface area contributed by atoms with E-state index in [1.165, 1.54) is 5.56 Å². The number of carbonyl (C=O) groups excluding carboxylic acids is 2. The van der Waals surface area contributed by atoms with Gasteiger partial charge in [-0.15, -0.1) is 0 Å². The molecule has 1 fully saturated rings. The molecule has 4 rings (SSSR count). The number of ether oxygens (including phenoxy) is 1. The number of nitrogens with zero attached hydrogens (tertiary/aromatic N) is 1. The maximum atomic E-state index is 12.5. The first-order valence-corrected chi connectivity index (χ1v) is 10.6. The summed E-state index contributed by atoms with van der Waals surface area (Å²) in [6, 6.07) is 17.9. The highest BCUT2D eigenvalue weighted by Crippen LogP contribution is 2.26. The van der Waals surface area contributed by atoms with Gasteiger partial charge in [-0.25, -0.2) is 0 Å². The van der Waals surface area contributed by atoms with Crippen molar-refractivity contribution in [3.63, 3.8) is 0 Å². The molecule has 0 spiro atoms. The summed E-state index contributed by atoms with van der Waals surface area (Å²) in [6.45, 7) is 3.35. The quantitative estimate of drug-likeness (QED) is 0.560. The van der Waals surface area contributed by atoms with Gasteiger partial charge in [0, 0.05) is 30.5 Å². The Bertz CT molecular complexity index is 1020. The molecule has 5 nitrogen and oxygen atoms in total. The predicted octanol–water partition coefficient (Wildman–Crippen LogP) is 4.66. The van der Waals surface area contributed by atoms with Crippen LogP contribution in [0.5, 0.6) is 0 Å². The number of hydrogen-bond acceptors (Lipinski definition) is 4. The molecular formula is C25H27NO4. The molecule has 0 unspecified atom stereocenters. The van der Waals surface area contributed by atoms with Crippen LogP contribution >= 0.6 is 0 Å². The first kappa shape index (κ1) is 20.2. The summed E-state index contributed by atoms with van der Waals surface area (Å²) >= 11 is 0. The first-order valence-electron chi connectivity index (χ1n) is 10.6. The number of fused-ring (bicyclic) bond motifs is 1. The van der Waals surface area contributed by atoms with Gasteiger partial charge in [0.25, 0.3) is 0 Å². The van der Waals surface area contributed by atoms with Gasteiger partial charge < -0.3 is 14.1 Å². The molecule has 0 atom stereocenters. The molecule has 5 heteroatoms. The van der Waals surface area contributed by atoms with Crippen LogP contribution in [0.15, 0.2) is 59.0 Å². The number of carbonyl (C=O) groups is 2. The van der Waals surface area contributed by atoms with E-state index in [1.54, 1.807) is 0 Å². The number of esters is 1. The Labute approximate surface area is 176 Å². The lowest BCUT2D eigenvalue weighted by Crippen LogP contribution is -2.40. The number of piperidine rings is 1.